The van der Waals surface area contributed by atoms with Gasteiger partial charge in [-0.05, 0) is 37.1 Å². The Bertz CT molecular complexity index is 498. The summed E-state index contributed by atoms with van der Waals surface area (Å²) in [4.78, 5) is 11.8. The predicted molar refractivity (Wildman–Crippen MR) is 75.3 cm³/mol. The van der Waals surface area contributed by atoms with Crippen LogP contribution in [0.15, 0.2) is 24.3 Å². The van der Waals surface area contributed by atoms with Crippen molar-refractivity contribution in [3.63, 3.8) is 0 Å². The smallest absolute Gasteiger partial charge is 0.406 e. The van der Waals surface area contributed by atoms with Crippen molar-refractivity contribution in [3.05, 3.63) is 29.8 Å². The highest BCUT2D eigenvalue weighted by Crippen LogP contribution is 2.22. The lowest BCUT2D eigenvalue weighted by Gasteiger charge is -2.11. The molecule has 0 saturated carbocycles. The molecule has 2 rings (SSSR count). The third-order valence-electron chi connectivity index (χ3n) is 3.20. The minimum atomic E-state index is -4.74. The fourth-order valence-corrected chi connectivity index (χ4v) is 2.08. The van der Waals surface area contributed by atoms with Crippen molar-refractivity contribution in [2.24, 2.45) is 0 Å². The second-order valence-electron chi connectivity index (χ2n) is 5.04. The SMILES string of the molecule is O=C(NCCCOC1CCOC1)c1ccc(OC(F)(F)F)cc1. The molecular formula is C15H18F3NO4. The van der Waals surface area contributed by atoms with Crippen LogP contribution in [0.2, 0.25) is 0 Å². The number of rotatable bonds is 7. The van der Waals surface area contributed by atoms with Gasteiger partial charge in [0, 0.05) is 25.3 Å². The summed E-state index contributed by atoms with van der Waals surface area (Å²) in [7, 11) is 0. The Morgan fingerprint density at radius 3 is 2.65 bits per heavy atom. The Labute approximate surface area is 131 Å². The maximum atomic E-state index is 12.0. The first kappa shape index (κ1) is 17.6. The molecule has 1 aliphatic heterocycles. The minimum absolute atomic E-state index is 0.131. The quantitative estimate of drug-likeness (QED) is 0.779. The van der Waals surface area contributed by atoms with Crippen molar-refractivity contribution >= 4 is 5.91 Å². The zero-order valence-corrected chi connectivity index (χ0v) is 12.4. The van der Waals surface area contributed by atoms with Crippen molar-refractivity contribution in [2.45, 2.75) is 25.3 Å². The molecule has 1 amide bonds. The van der Waals surface area contributed by atoms with Gasteiger partial charge < -0.3 is 19.5 Å². The van der Waals surface area contributed by atoms with Crippen LogP contribution < -0.4 is 10.1 Å². The van der Waals surface area contributed by atoms with Crippen molar-refractivity contribution in [2.75, 3.05) is 26.4 Å². The predicted octanol–water partition coefficient (Wildman–Crippen LogP) is 2.51. The van der Waals surface area contributed by atoms with Gasteiger partial charge in [0.25, 0.3) is 5.91 Å². The number of hydrogen-bond acceptors (Lipinski definition) is 4. The van der Waals surface area contributed by atoms with Gasteiger partial charge in [0.2, 0.25) is 0 Å². The molecule has 1 aromatic rings. The van der Waals surface area contributed by atoms with E-state index in [0.717, 1.165) is 25.2 Å². The molecule has 0 radical (unpaired) electrons. The van der Waals surface area contributed by atoms with E-state index in [9.17, 15) is 18.0 Å². The molecule has 0 spiro atoms. The summed E-state index contributed by atoms with van der Waals surface area (Å²) in [6.07, 6.45) is -3.07. The van der Waals surface area contributed by atoms with E-state index in [2.05, 4.69) is 10.1 Å². The Hall–Kier alpha value is -1.80. The zero-order valence-electron chi connectivity index (χ0n) is 12.4. The lowest BCUT2D eigenvalue weighted by atomic mass is 10.2. The van der Waals surface area contributed by atoms with E-state index >= 15 is 0 Å². The van der Waals surface area contributed by atoms with Gasteiger partial charge >= 0.3 is 6.36 Å². The van der Waals surface area contributed by atoms with E-state index in [1.807, 2.05) is 0 Å². The summed E-state index contributed by atoms with van der Waals surface area (Å²) in [6.45, 7) is 2.27. The highest BCUT2D eigenvalue weighted by molar-refractivity contribution is 5.94. The van der Waals surface area contributed by atoms with E-state index in [1.165, 1.54) is 12.1 Å². The van der Waals surface area contributed by atoms with Gasteiger partial charge in [0.1, 0.15) is 5.75 Å². The topological polar surface area (TPSA) is 56.8 Å². The minimum Gasteiger partial charge on any atom is -0.406 e. The van der Waals surface area contributed by atoms with Crippen LogP contribution in [0.25, 0.3) is 0 Å². The van der Waals surface area contributed by atoms with Gasteiger partial charge in [-0.3, -0.25) is 4.79 Å². The largest absolute Gasteiger partial charge is 0.573 e. The van der Waals surface area contributed by atoms with Crippen LogP contribution in [0.4, 0.5) is 13.2 Å². The molecule has 1 atom stereocenters. The van der Waals surface area contributed by atoms with Crippen molar-refractivity contribution in [3.8, 4) is 5.75 Å². The lowest BCUT2D eigenvalue weighted by Crippen LogP contribution is -2.26. The summed E-state index contributed by atoms with van der Waals surface area (Å²) in [5, 5.41) is 2.68. The molecule has 23 heavy (non-hydrogen) atoms. The molecular weight excluding hydrogens is 315 g/mol. The van der Waals surface area contributed by atoms with Crippen LogP contribution >= 0.6 is 0 Å². The average molecular weight is 333 g/mol. The number of alkyl halides is 3. The number of nitrogens with one attached hydrogen (secondary N) is 1. The average Bonchev–Trinajstić information content (AvgIpc) is 2.99. The van der Waals surface area contributed by atoms with E-state index in [0.29, 0.717) is 26.2 Å². The first-order valence-electron chi connectivity index (χ1n) is 7.27. The van der Waals surface area contributed by atoms with Gasteiger partial charge in [0.05, 0.1) is 12.7 Å². The van der Waals surface area contributed by atoms with Gasteiger partial charge in [-0.2, -0.15) is 0 Å². The monoisotopic (exact) mass is 333 g/mol. The Kier molecular flexibility index (Phi) is 6.23. The molecule has 1 aromatic carbocycles. The summed E-state index contributed by atoms with van der Waals surface area (Å²) < 4.78 is 50.6. The van der Waals surface area contributed by atoms with Crippen LogP contribution in [0.3, 0.4) is 0 Å². The van der Waals surface area contributed by atoms with Crippen molar-refractivity contribution in [1.29, 1.82) is 0 Å². The number of ether oxygens (including phenoxy) is 3. The number of carbonyl (C=O) groups is 1. The van der Waals surface area contributed by atoms with Gasteiger partial charge in [-0.15, -0.1) is 13.2 Å². The Balaban J connectivity index is 1.66. The van der Waals surface area contributed by atoms with Crippen LogP contribution in [0.1, 0.15) is 23.2 Å². The standard InChI is InChI=1S/C15H18F3NO4/c16-15(17,18)23-12-4-2-11(3-5-12)14(20)19-7-1-8-22-13-6-9-21-10-13/h2-5,13H,1,6-10H2,(H,19,20). The summed E-state index contributed by atoms with van der Waals surface area (Å²) in [6, 6.07) is 4.77. The summed E-state index contributed by atoms with van der Waals surface area (Å²) in [5.74, 6) is -0.714. The number of benzene rings is 1. The third-order valence-corrected chi connectivity index (χ3v) is 3.20. The van der Waals surface area contributed by atoms with Crippen molar-refractivity contribution in [1.82, 2.24) is 5.32 Å². The molecule has 0 bridgehead atoms. The highest BCUT2D eigenvalue weighted by atomic mass is 19.4. The normalized spacial score (nSPS) is 18.0. The van der Waals surface area contributed by atoms with E-state index < -0.39 is 6.36 Å². The van der Waals surface area contributed by atoms with Crippen LogP contribution in [-0.2, 0) is 9.47 Å². The van der Waals surface area contributed by atoms with Crippen LogP contribution in [0, 0.1) is 0 Å². The molecule has 8 heteroatoms. The summed E-state index contributed by atoms with van der Waals surface area (Å²) in [5.41, 5.74) is 0.268. The number of carbonyl (C=O) groups excluding carboxylic acids is 1. The van der Waals surface area contributed by atoms with Crippen molar-refractivity contribution < 1.29 is 32.2 Å². The van der Waals surface area contributed by atoms with Gasteiger partial charge in [-0.25, -0.2) is 0 Å². The molecule has 0 aromatic heterocycles. The molecule has 0 aliphatic carbocycles. The molecule has 1 N–H and O–H groups in total. The van der Waals surface area contributed by atoms with E-state index in [1.54, 1.807) is 0 Å². The number of hydrogen-bond donors (Lipinski definition) is 1. The maximum Gasteiger partial charge on any atom is 0.573 e. The molecule has 128 valence electrons. The lowest BCUT2D eigenvalue weighted by molar-refractivity contribution is -0.274. The number of halogens is 3. The molecule has 5 nitrogen and oxygen atoms in total. The Morgan fingerprint density at radius 1 is 1.30 bits per heavy atom. The van der Waals surface area contributed by atoms with E-state index in [-0.39, 0.29) is 23.3 Å². The zero-order chi connectivity index (χ0) is 16.7. The summed E-state index contributed by atoms with van der Waals surface area (Å²) >= 11 is 0. The Morgan fingerprint density at radius 2 is 2.04 bits per heavy atom. The van der Waals surface area contributed by atoms with Gasteiger partial charge in [0.15, 0.2) is 0 Å². The maximum absolute atomic E-state index is 12.0. The third kappa shape index (κ3) is 6.45. The molecule has 1 heterocycles. The molecule has 1 unspecified atom stereocenters. The van der Waals surface area contributed by atoms with E-state index in [4.69, 9.17) is 9.47 Å². The first-order valence-corrected chi connectivity index (χ1v) is 7.27. The highest BCUT2D eigenvalue weighted by Gasteiger charge is 2.31. The second kappa shape index (κ2) is 8.16. The fraction of sp³-hybridized carbons (Fsp3) is 0.533. The second-order valence-corrected chi connectivity index (χ2v) is 5.04. The fourth-order valence-electron chi connectivity index (χ4n) is 2.08. The molecule has 1 fully saturated rings. The van der Waals surface area contributed by atoms with Crippen LogP contribution in [-0.4, -0.2) is 44.7 Å². The number of amides is 1. The first-order chi connectivity index (χ1) is 10.9. The van der Waals surface area contributed by atoms with Gasteiger partial charge in [-0.1, -0.05) is 0 Å². The van der Waals surface area contributed by atoms with Crippen LogP contribution in [0.5, 0.6) is 5.75 Å². The molecule has 1 aliphatic rings. The molecule has 1 saturated heterocycles.